The molecular weight excluding hydrogens is 372 g/mol. The standard InChI is InChI=1S/C21H26N4O2S/c1-11-5-6-25(15(7-11)10-22)21(26)17-9-18(16-8-12(2)28-14(16)4)23-20-19(17)13(3)24-27-20/h8-9,11,15H,5-7,10,22H2,1-4H3. The molecule has 4 rings (SSSR count). The lowest BCUT2D eigenvalue weighted by Crippen LogP contribution is -2.49. The number of nitrogens with two attached hydrogens (primary N) is 1. The van der Waals surface area contributed by atoms with Gasteiger partial charge >= 0.3 is 0 Å². The van der Waals surface area contributed by atoms with Gasteiger partial charge in [-0.15, -0.1) is 11.3 Å². The van der Waals surface area contributed by atoms with E-state index in [1.165, 1.54) is 9.75 Å². The van der Waals surface area contributed by atoms with Gasteiger partial charge in [0.2, 0.25) is 0 Å². The van der Waals surface area contributed by atoms with E-state index in [1.54, 1.807) is 11.3 Å². The van der Waals surface area contributed by atoms with Crippen LogP contribution in [0.4, 0.5) is 0 Å². The van der Waals surface area contributed by atoms with Crippen molar-refractivity contribution in [3.8, 4) is 11.3 Å². The molecule has 148 valence electrons. The molecule has 0 aliphatic carbocycles. The molecule has 1 fully saturated rings. The van der Waals surface area contributed by atoms with Crippen molar-refractivity contribution in [3.05, 3.63) is 33.1 Å². The molecule has 28 heavy (non-hydrogen) atoms. The number of aryl methyl sites for hydroxylation is 3. The summed E-state index contributed by atoms with van der Waals surface area (Å²) >= 11 is 1.72. The Balaban J connectivity index is 1.84. The number of nitrogens with zero attached hydrogens (tertiary/aromatic N) is 3. The van der Waals surface area contributed by atoms with Crippen molar-refractivity contribution in [3.63, 3.8) is 0 Å². The molecule has 1 aliphatic rings. The number of rotatable bonds is 3. The zero-order valence-corrected chi connectivity index (χ0v) is 17.6. The maximum atomic E-state index is 13.6. The zero-order valence-electron chi connectivity index (χ0n) is 16.8. The third kappa shape index (κ3) is 3.22. The molecule has 6 nitrogen and oxygen atoms in total. The lowest BCUT2D eigenvalue weighted by molar-refractivity contribution is 0.0575. The second-order valence-corrected chi connectivity index (χ2v) is 9.31. The van der Waals surface area contributed by atoms with E-state index >= 15 is 0 Å². The highest BCUT2D eigenvalue weighted by atomic mass is 32.1. The van der Waals surface area contributed by atoms with Gasteiger partial charge in [0.15, 0.2) is 0 Å². The minimum absolute atomic E-state index is 0.00750. The summed E-state index contributed by atoms with van der Waals surface area (Å²) in [6.45, 7) is 9.42. The van der Waals surface area contributed by atoms with Crippen LogP contribution in [0.15, 0.2) is 16.7 Å². The van der Waals surface area contributed by atoms with Crippen molar-refractivity contribution < 1.29 is 9.32 Å². The molecule has 7 heteroatoms. The lowest BCUT2D eigenvalue weighted by Gasteiger charge is -2.38. The van der Waals surface area contributed by atoms with Crippen LogP contribution in [0.3, 0.4) is 0 Å². The van der Waals surface area contributed by atoms with Gasteiger partial charge in [-0.25, -0.2) is 4.98 Å². The fourth-order valence-corrected chi connectivity index (χ4v) is 5.12. The number of hydrogen-bond donors (Lipinski definition) is 1. The van der Waals surface area contributed by atoms with E-state index in [1.807, 2.05) is 17.9 Å². The summed E-state index contributed by atoms with van der Waals surface area (Å²) in [5.41, 5.74) is 9.50. The van der Waals surface area contributed by atoms with E-state index in [2.05, 4.69) is 37.0 Å². The van der Waals surface area contributed by atoms with Gasteiger partial charge < -0.3 is 15.2 Å². The second-order valence-electron chi connectivity index (χ2n) is 7.85. The normalized spacial score (nSPS) is 20.1. The number of likely N-dealkylation sites (tertiary alicyclic amines) is 1. The summed E-state index contributed by atoms with van der Waals surface area (Å²) in [5.74, 6) is 0.575. The van der Waals surface area contributed by atoms with Crippen molar-refractivity contribution in [2.45, 2.75) is 46.6 Å². The first-order chi connectivity index (χ1) is 13.4. The van der Waals surface area contributed by atoms with Gasteiger partial charge in [0, 0.05) is 34.4 Å². The molecule has 2 N–H and O–H groups in total. The Morgan fingerprint density at radius 1 is 1.36 bits per heavy atom. The van der Waals surface area contributed by atoms with Crippen LogP contribution in [-0.4, -0.2) is 40.1 Å². The first-order valence-electron chi connectivity index (χ1n) is 9.74. The molecule has 0 aromatic carbocycles. The fraction of sp³-hybridized carbons (Fsp3) is 0.476. The third-order valence-electron chi connectivity index (χ3n) is 5.68. The van der Waals surface area contributed by atoms with Gasteiger partial charge in [-0.2, -0.15) is 0 Å². The molecule has 0 spiro atoms. The van der Waals surface area contributed by atoms with Crippen molar-refractivity contribution in [2.24, 2.45) is 11.7 Å². The number of hydrogen-bond acceptors (Lipinski definition) is 6. The number of piperidine rings is 1. The monoisotopic (exact) mass is 398 g/mol. The average molecular weight is 399 g/mol. The lowest BCUT2D eigenvalue weighted by atomic mass is 9.91. The Labute approximate surface area is 168 Å². The van der Waals surface area contributed by atoms with E-state index in [0.29, 0.717) is 34.8 Å². The van der Waals surface area contributed by atoms with Gasteiger partial charge in [-0.05, 0) is 51.7 Å². The Hall–Kier alpha value is -2.25. The van der Waals surface area contributed by atoms with Crippen LogP contribution in [0, 0.1) is 26.7 Å². The van der Waals surface area contributed by atoms with Gasteiger partial charge in [-0.3, -0.25) is 4.79 Å². The SMILES string of the molecule is Cc1cc(-c2cc(C(=O)N3CCC(C)CC3CN)c3c(C)noc3n2)c(C)s1. The second kappa shape index (κ2) is 7.29. The highest BCUT2D eigenvalue weighted by molar-refractivity contribution is 7.12. The topological polar surface area (TPSA) is 85.2 Å². The van der Waals surface area contributed by atoms with E-state index in [9.17, 15) is 4.79 Å². The van der Waals surface area contributed by atoms with Gasteiger partial charge in [-0.1, -0.05) is 12.1 Å². The van der Waals surface area contributed by atoms with Crippen LogP contribution in [0.1, 0.15) is 45.6 Å². The largest absolute Gasteiger partial charge is 0.335 e. The quantitative estimate of drug-likeness (QED) is 0.719. The molecular formula is C21H26N4O2S. The minimum Gasteiger partial charge on any atom is -0.335 e. The predicted molar refractivity (Wildman–Crippen MR) is 112 cm³/mol. The minimum atomic E-state index is -0.00750. The van der Waals surface area contributed by atoms with Crippen molar-refractivity contribution in [1.82, 2.24) is 15.0 Å². The van der Waals surface area contributed by atoms with Crippen LogP contribution in [-0.2, 0) is 0 Å². The molecule has 0 radical (unpaired) electrons. The fourth-order valence-electron chi connectivity index (χ4n) is 4.18. The molecule has 3 aromatic rings. The molecule has 2 atom stereocenters. The Morgan fingerprint density at radius 2 is 2.14 bits per heavy atom. The highest BCUT2D eigenvalue weighted by Crippen LogP contribution is 2.34. The Kier molecular flexibility index (Phi) is 4.97. The maximum Gasteiger partial charge on any atom is 0.259 e. The van der Waals surface area contributed by atoms with Crippen LogP contribution in [0.2, 0.25) is 0 Å². The molecule has 3 aromatic heterocycles. The summed E-state index contributed by atoms with van der Waals surface area (Å²) in [4.78, 5) is 22.6. The maximum absolute atomic E-state index is 13.6. The first kappa shape index (κ1) is 19.1. The number of carbonyl (C=O) groups excluding carboxylic acids is 1. The number of aromatic nitrogens is 2. The number of thiophene rings is 1. The summed E-state index contributed by atoms with van der Waals surface area (Å²) in [6.07, 6.45) is 1.93. The number of carbonyl (C=O) groups is 1. The summed E-state index contributed by atoms with van der Waals surface area (Å²) in [5, 5.41) is 4.77. The van der Waals surface area contributed by atoms with E-state index in [-0.39, 0.29) is 11.9 Å². The number of pyridine rings is 1. The van der Waals surface area contributed by atoms with Crippen LogP contribution in [0.25, 0.3) is 22.4 Å². The average Bonchev–Trinajstić information content (AvgIpc) is 3.22. The number of amides is 1. The van der Waals surface area contributed by atoms with Crippen LogP contribution < -0.4 is 5.73 Å². The van der Waals surface area contributed by atoms with E-state index < -0.39 is 0 Å². The molecule has 1 amide bonds. The van der Waals surface area contributed by atoms with E-state index in [4.69, 9.17) is 10.3 Å². The third-order valence-corrected chi connectivity index (χ3v) is 6.64. The Bertz CT molecular complexity index is 1040. The molecule has 0 saturated carbocycles. The number of fused-ring (bicyclic) bond motifs is 1. The van der Waals surface area contributed by atoms with Crippen LogP contribution in [0.5, 0.6) is 0 Å². The zero-order chi connectivity index (χ0) is 20.0. The van der Waals surface area contributed by atoms with Crippen molar-refractivity contribution in [1.29, 1.82) is 0 Å². The smallest absolute Gasteiger partial charge is 0.259 e. The van der Waals surface area contributed by atoms with Gasteiger partial charge in [0.25, 0.3) is 11.6 Å². The summed E-state index contributed by atoms with van der Waals surface area (Å²) < 4.78 is 5.45. The predicted octanol–water partition coefficient (Wildman–Crippen LogP) is 4.08. The molecule has 0 bridgehead atoms. The molecule has 1 aliphatic heterocycles. The Morgan fingerprint density at radius 3 is 2.82 bits per heavy atom. The van der Waals surface area contributed by atoms with Crippen LogP contribution >= 0.6 is 11.3 Å². The molecule has 4 heterocycles. The van der Waals surface area contributed by atoms with Gasteiger partial charge in [0.1, 0.15) is 0 Å². The van der Waals surface area contributed by atoms with Crippen molar-refractivity contribution in [2.75, 3.05) is 13.1 Å². The van der Waals surface area contributed by atoms with E-state index in [0.717, 1.165) is 30.6 Å². The first-order valence-corrected chi connectivity index (χ1v) is 10.6. The van der Waals surface area contributed by atoms with Gasteiger partial charge in [0.05, 0.1) is 22.3 Å². The highest BCUT2D eigenvalue weighted by Gasteiger charge is 2.32. The molecule has 1 saturated heterocycles. The summed E-state index contributed by atoms with van der Waals surface area (Å²) in [7, 11) is 0. The molecule has 2 unspecified atom stereocenters. The summed E-state index contributed by atoms with van der Waals surface area (Å²) in [6, 6.07) is 4.07. The van der Waals surface area contributed by atoms with Crippen molar-refractivity contribution >= 4 is 28.3 Å².